The van der Waals surface area contributed by atoms with Crippen LogP contribution in [-0.4, -0.2) is 17.6 Å². The van der Waals surface area contributed by atoms with Gasteiger partial charge in [-0.25, -0.2) is 0 Å². The second-order valence-corrected chi connectivity index (χ2v) is 3.92. The van der Waals surface area contributed by atoms with Gasteiger partial charge in [0.15, 0.2) is 0 Å². The van der Waals surface area contributed by atoms with E-state index in [1.165, 1.54) is 17.7 Å². The van der Waals surface area contributed by atoms with Crippen LogP contribution < -0.4 is 4.90 Å². The summed E-state index contributed by atoms with van der Waals surface area (Å²) in [6.45, 7) is 0.987. The number of rotatable bonds is 0. The van der Waals surface area contributed by atoms with Gasteiger partial charge in [0.05, 0.1) is 0 Å². The highest BCUT2D eigenvalue weighted by molar-refractivity contribution is 6.01. The minimum atomic E-state index is 0. The molecule has 15 heavy (non-hydrogen) atoms. The third kappa shape index (κ3) is 1.38. The van der Waals surface area contributed by atoms with Crippen molar-refractivity contribution in [1.29, 1.82) is 0 Å². The van der Waals surface area contributed by atoms with E-state index in [1.54, 1.807) is 0 Å². The van der Waals surface area contributed by atoms with Crippen molar-refractivity contribution in [3.8, 4) is 0 Å². The Morgan fingerprint density at radius 2 is 2.13 bits per heavy atom. The van der Waals surface area contributed by atoms with E-state index < -0.39 is 0 Å². The van der Waals surface area contributed by atoms with Crippen LogP contribution in [0.2, 0.25) is 0 Å². The summed E-state index contributed by atoms with van der Waals surface area (Å²) < 4.78 is 0. The Hall–Kier alpha value is -1.22. The number of nitrogens with zero attached hydrogens (tertiary/aromatic N) is 2. The molecule has 1 N–H and O–H groups in total. The lowest BCUT2D eigenvalue weighted by Crippen LogP contribution is -2.43. The highest BCUT2D eigenvalue weighted by Crippen LogP contribution is 2.42. The lowest BCUT2D eigenvalue weighted by molar-refractivity contribution is 0.313. The molecule has 3 aliphatic heterocycles. The first-order valence-electron chi connectivity index (χ1n) is 4.97. The first-order chi connectivity index (χ1) is 6.90. The fourth-order valence-corrected chi connectivity index (χ4v) is 2.54. The molecule has 1 aromatic rings. The number of benzene rings is 1. The van der Waals surface area contributed by atoms with Gasteiger partial charge in [0.2, 0.25) is 0 Å². The molecule has 3 heterocycles. The standard InChI is InChI=1S/C11H12N2O.ClH/c14-12-11-7-8-5-6-13(11)10-4-2-1-3-9(8)10;/h1-4,8,14H,5-7H2;1H. The van der Waals surface area contributed by atoms with Gasteiger partial charge in [0.25, 0.3) is 0 Å². The van der Waals surface area contributed by atoms with Crippen LogP contribution in [0.5, 0.6) is 0 Å². The first kappa shape index (κ1) is 10.3. The molecule has 0 aliphatic carbocycles. The Morgan fingerprint density at radius 1 is 1.33 bits per heavy atom. The minimum Gasteiger partial charge on any atom is -0.409 e. The maximum atomic E-state index is 8.88. The average Bonchev–Trinajstić information content (AvgIpc) is 2.30. The number of amidine groups is 1. The lowest BCUT2D eigenvalue weighted by Gasteiger charge is -2.41. The van der Waals surface area contributed by atoms with Crippen LogP contribution in [0.3, 0.4) is 0 Å². The van der Waals surface area contributed by atoms with Crippen molar-refractivity contribution in [1.82, 2.24) is 0 Å². The van der Waals surface area contributed by atoms with Crippen molar-refractivity contribution < 1.29 is 5.21 Å². The number of fused-ring (bicyclic) bond motifs is 2. The van der Waals surface area contributed by atoms with Gasteiger partial charge in [0.1, 0.15) is 5.84 Å². The largest absolute Gasteiger partial charge is 0.409 e. The monoisotopic (exact) mass is 224 g/mol. The van der Waals surface area contributed by atoms with Gasteiger partial charge in [-0.15, -0.1) is 12.4 Å². The fourth-order valence-electron chi connectivity index (χ4n) is 2.54. The second-order valence-electron chi connectivity index (χ2n) is 3.92. The Labute approximate surface area is 94.8 Å². The SMILES string of the molecule is Cl.ON=C1CC2CCN1c1ccccc12. The number of hydrogen-bond acceptors (Lipinski definition) is 2. The smallest absolute Gasteiger partial charge is 0.149 e. The van der Waals surface area contributed by atoms with E-state index in [0.29, 0.717) is 5.92 Å². The summed E-state index contributed by atoms with van der Waals surface area (Å²) in [4.78, 5) is 2.12. The molecule has 1 atom stereocenters. The molecular formula is C11H13ClN2O. The van der Waals surface area contributed by atoms with E-state index in [-0.39, 0.29) is 12.4 Å². The summed E-state index contributed by atoms with van der Waals surface area (Å²) in [6, 6.07) is 8.40. The van der Waals surface area contributed by atoms with E-state index in [9.17, 15) is 0 Å². The van der Waals surface area contributed by atoms with Crippen molar-refractivity contribution in [2.24, 2.45) is 5.16 Å². The Morgan fingerprint density at radius 3 is 2.93 bits per heavy atom. The molecule has 2 bridgehead atoms. The zero-order valence-corrected chi connectivity index (χ0v) is 9.07. The molecule has 0 saturated carbocycles. The van der Waals surface area contributed by atoms with Gasteiger partial charge < -0.3 is 10.1 Å². The molecule has 0 radical (unpaired) electrons. The van der Waals surface area contributed by atoms with Crippen molar-refractivity contribution in [3.05, 3.63) is 29.8 Å². The Bertz CT molecular complexity index is 405. The summed E-state index contributed by atoms with van der Waals surface area (Å²) >= 11 is 0. The maximum Gasteiger partial charge on any atom is 0.149 e. The van der Waals surface area contributed by atoms with Crippen molar-refractivity contribution in [2.45, 2.75) is 18.8 Å². The number of para-hydroxylation sites is 1. The first-order valence-corrected chi connectivity index (χ1v) is 4.97. The maximum absolute atomic E-state index is 8.88. The number of anilines is 1. The molecule has 0 aromatic heterocycles. The van der Waals surface area contributed by atoms with Crippen LogP contribution in [0, 0.1) is 0 Å². The van der Waals surface area contributed by atoms with Crippen LogP contribution in [0.25, 0.3) is 0 Å². The summed E-state index contributed by atoms with van der Waals surface area (Å²) in [5, 5.41) is 12.3. The van der Waals surface area contributed by atoms with Crippen LogP contribution in [0.4, 0.5) is 5.69 Å². The van der Waals surface area contributed by atoms with Crippen molar-refractivity contribution in [3.63, 3.8) is 0 Å². The predicted octanol–water partition coefficient (Wildman–Crippen LogP) is 2.59. The van der Waals surface area contributed by atoms with E-state index in [1.807, 2.05) is 6.07 Å². The molecule has 3 aliphatic rings. The number of piperidine rings is 1. The van der Waals surface area contributed by atoms with Crippen LogP contribution in [0.15, 0.2) is 29.4 Å². The van der Waals surface area contributed by atoms with Crippen molar-refractivity contribution >= 4 is 23.9 Å². The third-order valence-corrected chi connectivity index (χ3v) is 3.22. The minimum absolute atomic E-state index is 0. The van der Waals surface area contributed by atoms with Crippen LogP contribution in [-0.2, 0) is 0 Å². The molecule has 1 unspecified atom stereocenters. The Kier molecular flexibility index (Phi) is 2.57. The number of hydrogen-bond donors (Lipinski definition) is 1. The van der Waals surface area contributed by atoms with Crippen LogP contribution in [0.1, 0.15) is 24.3 Å². The number of halogens is 1. The molecule has 1 saturated heterocycles. The normalized spacial score (nSPS) is 24.9. The quantitative estimate of drug-likeness (QED) is 0.543. The van der Waals surface area contributed by atoms with Gasteiger partial charge in [-0.05, 0) is 24.0 Å². The van der Waals surface area contributed by atoms with E-state index in [0.717, 1.165) is 18.8 Å². The zero-order chi connectivity index (χ0) is 9.54. The Balaban J connectivity index is 0.000000853. The summed E-state index contributed by atoms with van der Waals surface area (Å²) in [5.74, 6) is 1.38. The highest BCUT2D eigenvalue weighted by Gasteiger charge is 2.34. The van der Waals surface area contributed by atoms with Gasteiger partial charge in [0, 0.05) is 18.7 Å². The second kappa shape index (κ2) is 3.74. The van der Waals surface area contributed by atoms with Gasteiger partial charge in [-0.2, -0.15) is 0 Å². The molecule has 80 valence electrons. The molecule has 0 amide bonds. The molecular weight excluding hydrogens is 212 g/mol. The zero-order valence-electron chi connectivity index (χ0n) is 8.26. The topological polar surface area (TPSA) is 35.8 Å². The van der Waals surface area contributed by atoms with Gasteiger partial charge >= 0.3 is 0 Å². The molecule has 4 heteroatoms. The number of oxime groups is 1. The molecule has 4 rings (SSSR count). The lowest BCUT2D eigenvalue weighted by atomic mass is 9.82. The van der Waals surface area contributed by atoms with E-state index in [2.05, 4.69) is 28.3 Å². The summed E-state index contributed by atoms with van der Waals surface area (Å²) in [7, 11) is 0. The van der Waals surface area contributed by atoms with Crippen LogP contribution >= 0.6 is 12.4 Å². The molecule has 0 spiro atoms. The van der Waals surface area contributed by atoms with E-state index >= 15 is 0 Å². The van der Waals surface area contributed by atoms with Crippen molar-refractivity contribution in [2.75, 3.05) is 11.4 Å². The van der Waals surface area contributed by atoms with E-state index in [4.69, 9.17) is 5.21 Å². The summed E-state index contributed by atoms with van der Waals surface area (Å²) in [5.41, 5.74) is 2.63. The highest BCUT2D eigenvalue weighted by atomic mass is 35.5. The predicted molar refractivity (Wildman–Crippen MR) is 62.2 cm³/mol. The van der Waals surface area contributed by atoms with Gasteiger partial charge in [-0.1, -0.05) is 23.4 Å². The van der Waals surface area contributed by atoms with Gasteiger partial charge in [-0.3, -0.25) is 0 Å². The average molecular weight is 225 g/mol. The summed E-state index contributed by atoms with van der Waals surface area (Å²) in [6.07, 6.45) is 2.06. The molecule has 3 nitrogen and oxygen atoms in total. The fraction of sp³-hybridized carbons (Fsp3) is 0.364. The molecule has 1 aromatic carbocycles. The third-order valence-electron chi connectivity index (χ3n) is 3.22. The molecule has 1 fully saturated rings.